The molecule has 2 amide bonds. The molecule has 1 aliphatic rings. The van der Waals surface area contributed by atoms with E-state index in [2.05, 4.69) is 24.5 Å². The van der Waals surface area contributed by atoms with Gasteiger partial charge in [0.2, 0.25) is 11.8 Å². The van der Waals surface area contributed by atoms with Gasteiger partial charge in [0.05, 0.1) is 0 Å². The molecule has 0 spiro atoms. The van der Waals surface area contributed by atoms with Crippen molar-refractivity contribution in [3.05, 3.63) is 0 Å². The van der Waals surface area contributed by atoms with Crippen molar-refractivity contribution < 1.29 is 9.59 Å². The van der Waals surface area contributed by atoms with E-state index in [1.165, 1.54) is 6.42 Å². The highest BCUT2D eigenvalue weighted by Crippen LogP contribution is 2.04. The summed E-state index contributed by atoms with van der Waals surface area (Å²) in [6, 6.07) is 0.409. The number of hydrogen-bond acceptors (Lipinski definition) is 3. The van der Waals surface area contributed by atoms with Gasteiger partial charge in [-0.25, -0.2) is 0 Å². The van der Waals surface area contributed by atoms with E-state index in [1.807, 2.05) is 4.90 Å². The third-order valence-electron chi connectivity index (χ3n) is 3.61. The zero-order valence-electron chi connectivity index (χ0n) is 12.9. The zero-order valence-corrected chi connectivity index (χ0v) is 12.9. The van der Waals surface area contributed by atoms with Gasteiger partial charge in [-0.1, -0.05) is 13.8 Å². The molecule has 116 valence electrons. The first-order valence-electron chi connectivity index (χ1n) is 7.95. The van der Waals surface area contributed by atoms with E-state index < -0.39 is 0 Å². The number of rotatable bonds is 9. The van der Waals surface area contributed by atoms with Gasteiger partial charge in [0, 0.05) is 38.5 Å². The maximum atomic E-state index is 12.0. The average Bonchev–Trinajstić information content (AvgIpc) is 2.95. The Morgan fingerprint density at radius 1 is 1.20 bits per heavy atom. The fourth-order valence-corrected chi connectivity index (χ4v) is 2.54. The van der Waals surface area contributed by atoms with Crippen molar-refractivity contribution in [2.75, 3.05) is 26.2 Å². The quantitative estimate of drug-likeness (QED) is 0.670. The molecule has 1 unspecified atom stereocenters. The van der Waals surface area contributed by atoms with E-state index in [0.29, 0.717) is 25.4 Å². The number of amides is 2. The lowest BCUT2D eigenvalue weighted by atomic mass is 10.2. The Balaban J connectivity index is 2.19. The molecule has 1 heterocycles. The van der Waals surface area contributed by atoms with Crippen molar-refractivity contribution in [2.24, 2.45) is 0 Å². The van der Waals surface area contributed by atoms with Crippen LogP contribution in [0, 0.1) is 0 Å². The van der Waals surface area contributed by atoms with Gasteiger partial charge >= 0.3 is 0 Å². The summed E-state index contributed by atoms with van der Waals surface area (Å²) < 4.78 is 0. The second-order valence-electron chi connectivity index (χ2n) is 5.48. The summed E-state index contributed by atoms with van der Waals surface area (Å²) in [6.45, 7) is 7.44. The Hall–Kier alpha value is -1.10. The van der Waals surface area contributed by atoms with Crippen LogP contribution in [0.1, 0.15) is 52.4 Å². The number of nitrogens with one attached hydrogen (secondary N) is 2. The predicted molar refractivity (Wildman–Crippen MR) is 80.4 cm³/mol. The van der Waals surface area contributed by atoms with Crippen LogP contribution in [-0.4, -0.2) is 48.9 Å². The summed E-state index contributed by atoms with van der Waals surface area (Å²) in [7, 11) is 0. The Kier molecular flexibility index (Phi) is 8.26. The Morgan fingerprint density at radius 2 is 1.90 bits per heavy atom. The molecule has 0 radical (unpaired) electrons. The molecule has 1 fully saturated rings. The van der Waals surface area contributed by atoms with Gasteiger partial charge in [-0.15, -0.1) is 0 Å². The average molecular weight is 283 g/mol. The van der Waals surface area contributed by atoms with Crippen LogP contribution in [0.15, 0.2) is 0 Å². The summed E-state index contributed by atoms with van der Waals surface area (Å²) in [5.41, 5.74) is 0. The molecule has 0 saturated carbocycles. The van der Waals surface area contributed by atoms with E-state index in [4.69, 9.17) is 0 Å². The van der Waals surface area contributed by atoms with E-state index in [1.54, 1.807) is 0 Å². The van der Waals surface area contributed by atoms with E-state index in [9.17, 15) is 9.59 Å². The fourth-order valence-electron chi connectivity index (χ4n) is 2.54. The van der Waals surface area contributed by atoms with Crippen molar-refractivity contribution in [2.45, 2.75) is 58.4 Å². The summed E-state index contributed by atoms with van der Waals surface area (Å²) in [5.74, 6) is 0.0860. The van der Waals surface area contributed by atoms with Crippen LogP contribution in [0.2, 0.25) is 0 Å². The van der Waals surface area contributed by atoms with Gasteiger partial charge in [-0.05, 0) is 32.2 Å². The largest absolute Gasteiger partial charge is 0.355 e. The summed E-state index contributed by atoms with van der Waals surface area (Å²) in [5, 5.41) is 6.25. The molecule has 1 rings (SSSR count). The smallest absolute Gasteiger partial charge is 0.223 e. The molecule has 1 saturated heterocycles. The fraction of sp³-hybridized carbons (Fsp3) is 0.867. The topological polar surface area (TPSA) is 61.4 Å². The minimum Gasteiger partial charge on any atom is -0.355 e. The lowest BCUT2D eigenvalue weighted by Gasteiger charge is -2.21. The molecule has 0 aromatic carbocycles. The van der Waals surface area contributed by atoms with Gasteiger partial charge in [0.25, 0.3) is 0 Å². The standard InChI is InChI=1S/C15H29N3O2/c1-3-10-18(11-4-2)15(20)8-7-14(19)17-12-13-6-5-9-16-13/h13,16H,3-12H2,1-2H3,(H,17,19). The summed E-state index contributed by atoms with van der Waals surface area (Å²) >= 11 is 0. The third kappa shape index (κ3) is 6.37. The molecule has 0 bridgehead atoms. The second-order valence-corrected chi connectivity index (χ2v) is 5.48. The third-order valence-corrected chi connectivity index (χ3v) is 3.61. The highest BCUT2D eigenvalue weighted by molar-refractivity contribution is 5.83. The SMILES string of the molecule is CCCN(CCC)C(=O)CCC(=O)NCC1CCCN1. The van der Waals surface area contributed by atoms with Crippen molar-refractivity contribution in [3.8, 4) is 0 Å². The molecule has 1 aliphatic heterocycles. The van der Waals surface area contributed by atoms with Crippen molar-refractivity contribution in [3.63, 3.8) is 0 Å². The highest BCUT2D eigenvalue weighted by atomic mass is 16.2. The molecular formula is C15H29N3O2. The van der Waals surface area contributed by atoms with E-state index in [-0.39, 0.29) is 11.8 Å². The molecule has 1 atom stereocenters. The minimum absolute atomic E-state index is 0.0139. The van der Waals surface area contributed by atoms with Crippen molar-refractivity contribution in [1.29, 1.82) is 0 Å². The first kappa shape index (κ1) is 17.0. The summed E-state index contributed by atoms with van der Waals surface area (Å²) in [4.78, 5) is 25.6. The molecular weight excluding hydrogens is 254 g/mol. The number of nitrogens with zero attached hydrogens (tertiary/aromatic N) is 1. The van der Waals surface area contributed by atoms with Crippen LogP contribution in [0.5, 0.6) is 0 Å². The monoisotopic (exact) mass is 283 g/mol. The Bertz CT molecular complexity index is 295. The minimum atomic E-state index is -0.0139. The number of carbonyl (C=O) groups is 2. The maximum Gasteiger partial charge on any atom is 0.223 e. The first-order chi connectivity index (χ1) is 9.67. The molecule has 5 heteroatoms. The van der Waals surface area contributed by atoms with Crippen LogP contribution in [0.4, 0.5) is 0 Å². The Morgan fingerprint density at radius 3 is 2.45 bits per heavy atom. The van der Waals surface area contributed by atoms with Gasteiger partial charge < -0.3 is 15.5 Å². The molecule has 0 aromatic heterocycles. The van der Waals surface area contributed by atoms with Crippen LogP contribution >= 0.6 is 0 Å². The lowest BCUT2D eigenvalue weighted by molar-refractivity contribution is -0.133. The van der Waals surface area contributed by atoms with Crippen LogP contribution in [-0.2, 0) is 9.59 Å². The van der Waals surface area contributed by atoms with Crippen LogP contribution < -0.4 is 10.6 Å². The predicted octanol–water partition coefficient (Wildman–Crippen LogP) is 1.28. The number of carbonyl (C=O) groups excluding carboxylic acids is 2. The maximum absolute atomic E-state index is 12.0. The summed E-state index contributed by atoms with van der Waals surface area (Å²) in [6.07, 6.45) is 4.86. The first-order valence-corrected chi connectivity index (χ1v) is 7.95. The van der Waals surface area contributed by atoms with Crippen molar-refractivity contribution >= 4 is 11.8 Å². The molecule has 5 nitrogen and oxygen atoms in total. The zero-order chi connectivity index (χ0) is 14.8. The van der Waals surface area contributed by atoms with Gasteiger partial charge in [0.1, 0.15) is 0 Å². The normalized spacial score (nSPS) is 18.0. The number of hydrogen-bond donors (Lipinski definition) is 2. The highest BCUT2D eigenvalue weighted by Gasteiger charge is 2.16. The molecule has 20 heavy (non-hydrogen) atoms. The second kappa shape index (κ2) is 9.75. The van der Waals surface area contributed by atoms with E-state index in [0.717, 1.165) is 38.9 Å². The van der Waals surface area contributed by atoms with Gasteiger partial charge in [-0.2, -0.15) is 0 Å². The molecule has 0 aromatic rings. The molecule has 2 N–H and O–H groups in total. The van der Waals surface area contributed by atoms with Gasteiger partial charge in [0.15, 0.2) is 0 Å². The van der Waals surface area contributed by atoms with Crippen LogP contribution in [0.25, 0.3) is 0 Å². The van der Waals surface area contributed by atoms with Crippen LogP contribution in [0.3, 0.4) is 0 Å². The molecule has 0 aliphatic carbocycles. The van der Waals surface area contributed by atoms with Crippen molar-refractivity contribution in [1.82, 2.24) is 15.5 Å². The Labute approximate surface area is 122 Å². The van der Waals surface area contributed by atoms with E-state index >= 15 is 0 Å². The lowest BCUT2D eigenvalue weighted by Crippen LogP contribution is -2.38. The van der Waals surface area contributed by atoms with Gasteiger partial charge in [-0.3, -0.25) is 9.59 Å².